The number of benzene rings is 1. The highest BCUT2D eigenvalue weighted by Crippen LogP contribution is 2.27. The average molecular weight is 222 g/mol. The van der Waals surface area contributed by atoms with Crippen LogP contribution < -0.4 is 4.74 Å². The van der Waals surface area contributed by atoms with E-state index in [2.05, 4.69) is 5.11 Å². The lowest BCUT2D eigenvalue weighted by Gasteiger charge is -2.04. The van der Waals surface area contributed by atoms with Crippen LogP contribution in [0.25, 0.3) is 1.43 Å². The predicted molar refractivity (Wildman–Crippen MR) is 49.6 cm³/mol. The topological polar surface area (TPSA) is 46.5 Å². The molecule has 1 aromatic carbocycles. The number of carbonyl (C=O) groups is 1. The Labute approximate surface area is 86.3 Å². The molecule has 0 saturated heterocycles. The standard InChI is InChI=1S/C8H6Cl2O3/c9-5-1-2-7(6(10)3-5)13-4-8(11)12/h1-3H,4H2,(H,11,12)/i/hD. The van der Waals surface area contributed by atoms with Gasteiger partial charge in [-0.25, -0.2) is 4.79 Å². The number of hydrogen-bond acceptors (Lipinski definition) is 3. The van der Waals surface area contributed by atoms with Crippen LogP contribution in [-0.4, -0.2) is 17.7 Å². The van der Waals surface area contributed by atoms with E-state index in [0.717, 1.165) is 0 Å². The van der Waals surface area contributed by atoms with Gasteiger partial charge in [-0.1, -0.05) is 23.2 Å². The molecule has 0 heterocycles. The molecule has 5 heteroatoms. The maximum Gasteiger partial charge on any atom is 0.341 e. The van der Waals surface area contributed by atoms with Crippen LogP contribution in [-0.2, 0) is 4.79 Å². The lowest BCUT2D eigenvalue weighted by atomic mass is 10.3. The van der Waals surface area contributed by atoms with E-state index in [0.29, 0.717) is 15.8 Å². The van der Waals surface area contributed by atoms with Gasteiger partial charge in [0.2, 0.25) is 0 Å². The highest BCUT2D eigenvalue weighted by molar-refractivity contribution is 6.35. The van der Waals surface area contributed by atoms with Crippen LogP contribution >= 0.6 is 23.2 Å². The van der Waals surface area contributed by atoms with Crippen LogP contribution in [0.1, 0.15) is 0 Å². The molecule has 1 aromatic rings. The quantitative estimate of drug-likeness (QED) is 0.854. The molecule has 1 N–H and O–H groups in total. The van der Waals surface area contributed by atoms with E-state index in [4.69, 9.17) is 29.4 Å². The zero-order chi connectivity index (χ0) is 10.6. The smallest absolute Gasteiger partial charge is 0.341 e. The first kappa shape index (κ1) is 8.66. The molecule has 0 bridgehead atoms. The van der Waals surface area contributed by atoms with Gasteiger partial charge < -0.3 is 9.85 Å². The third kappa shape index (κ3) is 3.13. The van der Waals surface area contributed by atoms with Gasteiger partial charge in [-0.15, -0.1) is 0 Å². The van der Waals surface area contributed by atoms with Crippen molar-refractivity contribution < 1.29 is 14.6 Å². The van der Waals surface area contributed by atoms with Crippen molar-refractivity contribution in [2.24, 2.45) is 0 Å². The summed E-state index contributed by atoms with van der Waals surface area (Å²) in [5.41, 5.74) is 0. The second-order valence-corrected chi connectivity index (χ2v) is 3.08. The van der Waals surface area contributed by atoms with Crippen LogP contribution in [0.4, 0.5) is 0 Å². The van der Waals surface area contributed by atoms with Gasteiger partial charge in [0.05, 0.1) is 5.02 Å². The number of ether oxygens (including phenoxy) is 1. The number of halogens is 2. The SMILES string of the molecule is [2H]OC(=O)COc1ccc(Cl)cc1Cl. The fraction of sp³-hybridized carbons (Fsp3) is 0.125. The van der Waals surface area contributed by atoms with Gasteiger partial charge >= 0.3 is 5.97 Å². The molecule has 0 aromatic heterocycles. The summed E-state index contributed by atoms with van der Waals surface area (Å²) in [6.45, 7) is -0.356. The summed E-state index contributed by atoms with van der Waals surface area (Å²) in [5.74, 6) is -0.475. The Bertz CT molecular complexity index is 343. The average Bonchev–Trinajstić information content (AvgIpc) is 2.16. The van der Waals surface area contributed by atoms with Crippen LogP contribution in [0.3, 0.4) is 0 Å². The normalized spacial score (nSPS) is 10.5. The van der Waals surface area contributed by atoms with Crippen molar-refractivity contribution in [1.82, 2.24) is 0 Å². The Morgan fingerprint density at radius 3 is 3.00 bits per heavy atom. The number of carboxylic acid groups (broad SMARTS) is 1. The number of hydrogen-bond donors (Lipinski definition) is 1. The molecule has 0 amide bonds. The van der Waals surface area contributed by atoms with Gasteiger partial charge in [-0.05, 0) is 18.2 Å². The van der Waals surface area contributed by atoms with E-state index in [1.165, 1.54) is 12.1 Å². The molecule has 3 nitrogen and oxygen atoms in total. The molecule has 0 saturated carbocycles. The molecule has 0 aliphatic rings. The zero-order valence-electron chi connectivity index (χ0n) is 7.42. The summed E-state index contributed by atoms with van der Waals surface area (Å²) >= 11 is 11.4. The number of carboxylic acids is 1. The Kier molecular flexibility index (Phi) is 2.90. The van der Waals surface area contributed by atoms with Gasteiger partial charge in [-0.3, -0.25) is 0 Å². The van der Waals surface area contributed by atoms with Crippen molar-refractivity contribution in [3.8, 4) is 5.75 Å². The van der Waals surface area contributed by atoms with Crippen LogP contribution in [0, 0.1) is 0 Å². The third-order valence-corrected chi connectivity index (χ3v) is 1.77. The second-order valence-electron chi connectivity index (χ2n) is 2.24. The molecular weight excluding hydrogens is 215 g/mol. The van der Waals surface area contributed by atoms with Gasteiger partial charge in [0.15, 0.2) is 6.61 Å². The van der Waals surface area contributed by atoms with E-state index in [1.807, 2.05) is 0 Å². The van der Waals surface area contributed by atoms with Crippen molar-refractivity contribution in [2.45, 2.75) is 0 Å². The molecule has 0 spiro atoms. The first-order chi connectivity index (χ1) is 6.63. The summed E-state index contributed by atoms with van der Waals surface area (Å²) in [6, 6.07) is 4.60. The lowest BCUT2D eigenvalue weighted by molar-refractivity contribution is -0.139. The molecule has 13 heavy (non-hydrogen) atoms. The third-order valence-electron chi connectivity index (χ3n) is 1.24. The summed E-state index contributed by atoms with van der Waals surface area (Å²) in [5, 5.41) is 4.43. The van der Waals surface area contributed by atoms with Gasteiger partial charge in [-0.2, -0.15) is 0 Å². The van der Waals surface area contributed by atoms with E-state index in [1.54, 1.807) is 6.07 Å². The van der Waals surface area contributed by atoms with Crippen molar-refractivity contribution in [3.05, 3.63) is 28.2 Å². The highest BCUT2D eigenvalue weighted by atomic mass is 35.5. The van der Waals surface area contributed by atoms with Crippen molar-refractivity contribution in [3.63, 3.8) is 0 Å². The molecule has 0 aliphatic carbocycles. The van der Waals surface area contributed by atoms with Gasteiger partial charge in [0.1, 0.15) is 5.75 Å². The van der Waals surface area contributed by atoms with Gasteiger partial charge in [0, 0.05) is 5.02 Å². The van der Waals surface area contributed by atoms with Crippen molar-refractivity contribution in [1.29, 1.82) is 1.43 Å². The molecule has 0 unspecified atom stereocenters. The molecular formula is C8H6Cl2O3. The minimum atomic E-state index is -0.795. The Balaban J connectivity index is 2.63. The van der Waals surface area contributed by atoms with Gasteiger partial charge in [0.25, 0.3) is 1.43 Å². The maximum absolute atomic E-state index is 10.6. The number of aliphatic carboxylic acids is 1. The van der Waals surface area contributed by atoms with E-state index < -0.39 is 5.97 Å². The number of rotatable bonds is 3. The summed E-state index contributed by atoms with van der Waals surface area (Å²) < 4.78 is 11.2. The second kappa shape index (κ2) is 4.35. The minimum absolute atomic E-state index is 0.301. The van der Waals surface area contributed by atoms with Crippen molar-refractivity contribution >= 4 is 29.2 Å². The summed E-state index contributed by atoms with van der Waals surface area (Å²) in [6.07, 6.45) is 0. The lowest BCUT2D eigenvalue weighted by Crippen LogP contribution is -2.09. The molecule has 0 aliphatic heterocycles. The molecule has 0 radical (unpaired) electrons. The first-order valence-corrected chi connectivity index (χ1v) is 4.13. The van der Waals surface area contributed by atoms with Crippen molar-refractivity contribution in [2.75, 3.05) is 6.61 Å². The first-order valence-electron chi connectivity index (χ1n) is 3.78. The summed E-state index contributed by atoms with van der Waals surface area (Å²) in [4.78, 5) is 10.6. The van der Waals surface area contributed by atoms with Crippen LogP contribution in [0.15, 0.2) is 18.2 Å². The predicted octanol–water partition coefficient (Wildman–Crippen LogP) is 2.46. The fourth-order valence-electron chi connectivity index (χ4n) is 0.729. The maximum atomic E-state index is 10.6. The van der Waals surface area contributed by atoms with E-state index in [9.17, 15) is 4.79 Å². The Morgan fingerprint density at radius 1 is 1.62 bits per heavy atom. The minimum Gasteiger partial charge on any atom is -0.480 e. The fourth-order valence-corrected chi connectivity index (χ4v) is 1.19. The Hall–Kier alpha value is -0.930. The molecule has 1 rings (SSSR count). The van der Waals surface area contributed by atoms with Crippen LogP contribution in [0.2, 0.25) is 10.0 Å². The molecule has 70 valence electrons. The van der Waals surface area contributed by atoms with Crippen LogP contribution in [0.5, 0.6) is 5.75 Å². The highest BCUT2D eigenvalue weighted by Gasteiger charge is 2.04. The summed E-state index contributed by atoms with van der Waals surface area (Å²) in [7, 11) is 0. The molecule has 0 atom stereocenters. The van der Waals surface area contributed by atoms with E-state index >= 15 is 0 Å². The molecule has 0 fully saturated rings. The monoisotopic (exact) mass is 221 g/mol. The van der Waals surface area contributed by atoms with E-state index in [-0.39, 0.29) is 6.61 Å². The Morgan fingerprint density at radius 2 is 2.38 bits per heavy atom. The largest absolute Gasteiger partial charge is 0.480 e. The zero-order valence-corrected chi connectivity index (χ0v) is 7.93.